The van der Waals surface area contributed by atoms with E-state index < -0.39 is 0 Å². The Morgan fingerprint density at radius 2 is 1.92 bits per heavy atom. The number of carbonyl (C=O) groups is 1. The van der Waals surface area contributed by atoms with E-state index in [-0.39, 0.29) is 29.3 Å². The van der Waals surface area contributed by atoms with Crippen LogP contribution in [0.3, 0.4) is 0 Å². The van der Waals surface area contributed by atoms with Gasteiger partial charge in [-0.05, 0) is 55.9 Å². The molecule has 1 aromatic carbocycles. The Kier molecular flexibility index (Phi) is 8.06. The third kappa shape index (κ3) is 6.23. The lowest BCUT2D eigenvalue weighted by atomic mass is 9.86. The van der Waals surface area contributed by atoms with Gasteiger partial charge in [0.15, 0.2) is 11.6 Å². The van der Waals surface area contributed by atoms with Gasteiger partial charge in [0.25, 0.3) is 0 Å². The van der Waals surface area contributed by atoms with E-state index in [0.29, 0.717) is 49.5 Å². The molecule has 2 saturated heterocycles. The Balaban J connectivity index is 1.22. The van der Waals surface area contributed by atoms with Crippen LogP contribution in [-0.4, -0.2) is 81.8 Å². The molecule has 3 N–H and O–H groups in total. The zero-order valence-corrected chi connectivity index (χ0v) is 22.3. The number of hydrogen-bond acceptors (Lipinski definition) is 8. The van der Waals surface area contributed by atoms with Crippen molar-refractivity contribution in [1.82, 2.24) is 30.0 Å². The first-order valence-electron chi connectivity index (χ1n) is 12.8. The van der Waals surface area contributed by atoms with Gasteiger partial charge in [-0.2, -0.15) is 10.1 Å². The number of aromatic nitrogens is 4. The highest BCUT2D eigenvalue weighted by Gasteiger charge is 2.27. The maximum absolute atomic E-state index is 15.2. The van der Waals surface area contributed by atoms with Gasteiger partial charge >= 0.3 is 0 Å². The van der Waals surface area contributed by atoms with Crippen molar-refractivity contribution in [2.45, 2.75) is 32.6 Å². The quantitative estimate of drug-likeness (QED) is 0.408. The van der Waals surface area contributed by atoms with Gasteiger partial charge in [0.05, 0.1) is 31.6 Å². The number of benzene rings is 1. The van der Waals surface area contributed by atoms with E-state index in [1.165, 1.54) is 6.20 Å². The topological polar surface area (TPSA) is 111 Å². The van der Waals surface area contributed by atoms with Crippen molar-refractivity contribution >= 4 is 40.8 Å². The van der Waals surface area contributed by atoms with Gasteiger partial charge < -0.3 is 20.3 Å². The number of aromatic amines is 1. The Morgan fingerprint density at radius 3 is 2.63 bits per heavy atom. The van der Waals surface area contributed by atoms with Crippen LogP contribution in [0.5, 0.6) is 0 Å². The van der Waals surface area contributed by atoms with Crippen LogP contribution in [0.2, 0.25) is 5.02 Å². The van der Waals surface area contributed by atoms with E-state index >= 15 is 4.39 Å². The number of nitrogens with zero attached hydrogens (tertiary/aromatic N) is 5. The van der Waals surface area contributed by atoms with Crippen molar-refractivity contribution in [1.29, 1.82) is 0 Å². The number of likely N-dealkylation sites (tertiary alicyclic amines) is 1. The number of aryl methyl sites for hydroxylation is 2. The first-order chi connectivity index (χ1) is 18.4. The Morgan fingerprint density at radius 1 is 1.16 bits per heavy atom. The fourth-order valence-corrected chi connectivity index (χ4v) is 5.10. The number of amides is 1. The number of nitrogens with one attached hydrogen (secondary N) is 3. The van der Waals surface area contributed by atoms with Crippen LogP contribution in [0.4, 0.5) is 27.7 Å². The summed E-state index contributed by atoms with van der Waals surface area (Å²) in [5, 5.41) is 13.3. The minimum atomic E-state index is -0.382. The summed E-state index contributed by atoms with van der Waals surface area (Å²) >= 11 is 6.24. The highest BCUT2D eigenvalue weighted by Crippen LogP contribution is 2.34. The molecule has 0 saturated carbocycles. The van der Waals surface area contributed by atoms with Crippen molar-refractivity contribution in [2.24, 2.45) is 0 Å². The Labute approximate surface area is 225 Å². The third-order valence-corrected chi connectivity index (χ3v) is 7.33. The predicted octanol–water partition coefficient (Wildman–Crippen LogP) is 4.13. The average molecular weight is 543 g/mol. The van der Waals surface area contributed by atoms with Gasteiger partial charge in [0, 0.05) is 37.9 Å². The van der Waals surface area contributed by atoms with Crippen molar-refractivity contribution in [3.63, 3.8) is 0 Å². The second-order valence-corrected chi connectivity index (χ2v) is 10.2. The normalized spacial score (nSPS) is 17.0. The molecule has 0 radical (unpaired) electrons. The summed E-state index contributed by atoms with van der Waals surface area (Å²) in [6.45, 7) is 8.61. The van der Waals surface area contributed by atoms with Gasteiger partial charge in [0.1, 0.15) is 10.8 Å². The number of ether oxygens (including phenoxy) is 1. The van der Waals surface area contributed by atoms with Gasteiger partial charge in [-0.25, -0.2) is 9.37 Å². The van der Waals surface area contributed by atoms with Crippen LogP contribution in [0, 0.1) is 19.7 Å². The number of carbonyl (C=O) groups excluding carboxylic acids is 1. The summed E-state index contributed by atoms with van der Waals surface area (Å²) in [5.41, 5.74) is 3.13. The van der Waals surface area contributed by atoms with Gasteiger partial charge in [-0.1, -0.05) is 11.6 Å². The van der Waals surface area contributed by atoms with Gasteiger partial charge in [-0.3, -0.25) is 14.8 Å². The van der Waals surface area contributed by atoms with E-state index in [4.69, 9.17) is 16.3 Å². The number of halogens is 2. The standard InChI is InChI=1S/C26H32ClFN8O2/c1-16-11-22(30-26-29-14-20(27)25(32-26)31-23-12-17(2)33-34-23)21(28)13-19(16)18-3-5-36(6-4-18)24(37)15-35-7-9-38-10-8-35/h11-14,18H,3-10,15H2,1-2H3,(H3,29,30,31,32,33,34). The zero-order chi connectivity index (χ0) is 26.6. The smallest absolute Gasteiger partial charge is 0.236 e. The number of rotatable bonds is 7. The number of hydrogen-bond donors (Lipinski definition) is 3. The summed E-state index contributed by atoms with van der Waals surface area (Å²) in [6.07, 6.45) is 3.07. The van der Waals surface area contributed by atoms with Crippen LogP contribution in [0.15, 0.2) is 24.4 Å². The summed E-state index contributed by atoms with van der Waals surface area (Å²) < 4.78 is 20.6. The number of anilines is 4. The monoisotopic (exact) mass is 542 g/mol. The molecule has 10 nitrogen and oxygen atoms in total. The molecule has 1 amide bonds. The Hall–Kier alpha value is -3.28. The Bertz CT molecular complexity index is 1290. The molecule has 0 atom stereocenters. The number of morpholine rings is 1. The highest BCUT2D eigenvalue weighted by atomic mass is 35.5. The van der Waals surface area contributed by atoms with E-state index in [0.717, 1.165) is 42.8 Å². The summed E-state index contributed by atoms with van der Waals surface area (Å²) in [6, 6.07) is 5.19. The number of H-pyrrole nitrogens is 1. The van der Waals surface area contributed by atoms with Gasteiger partial charge in [0.2, 0.25) is 11.9 Å². The maximum atomic E-state index is 15.2. The summed E-state index contributed by atoms with van der Waals surface area (Å²) in [5.74, 6) is 1.11. The molecule has 38 heavy (non-hydrogen) atoms. The van der Waals surface area contributed by atoms with E-state index in [9.17, 15) is 4.79 Å². The molecule has 2 aliphatic heterocycles. The minimum Gasteiger partial charge on any atom is -0.379 e. The van der Waals surface area contributed by atoms with E-state index in [2.05, 4.69) is 35.7 Å². The van der Waals surface area contributed by atoms with Crippen molar-refractivity contribution in [3.8, 4) is 0 Å². The number of piperidine rings is 1. The second kappa shape index (κ2) is 11.6. The molecule has 2 fully saturated rings. The molecule has 4 heterocycles. The van der Waals surface area contributed by atoms with Crippen LogP contribution in [-0.2, 0) is 9.53 Å². The molecule has 3 aromatic rings. The van der Waals surface area contributed by atoms with E-state index in [1.807, 2.05) is 24.8 Å². The first-order valence-corrected chi connectivity index (χ1v) is 13.2. The molecule has 202 valence electrons. The third-order valence-electron chi connectivity index (χ3n) is 7.05. The molecule has 2 aliphatic rings. The molecular formula is C26H32ClFN8O2. The molecule has 2 aromatic heterocycles. The predicted molar refractivity (Wildman–Crippen MR) is 144 cm³/mol. The fraction of sp³-hybridized carbons (Fsp3) is 0.462. The molecule has 0 spiro atoms. The average Bonchev–Trinajstić information content (AvgIpc) is 3.33. The largest absolute Gasteiger partial charge is 0.379 e. The SMILES string of the molecule is Cc1cc(Nc2nc(Nc3cc(C)c(C4CCN(C(=O)CN5CCOCC5)CC4)cc3F)ncc2Cl)n[nH]1. The molecule has 12 heteroatoms. The van der Waals surface area contributed by atoms with Crippen molar-refractivity contribution in [2.75, 3.05) is 56.6 Å². The summed E-state index contributed by atoms with van der Waals surface area (Å²) in [4.78, 5) is 25.4. The molecular weight excluding hydrogens is 511 g/mol. The lowest BCUT2D eigenvalue weighted by molar-refractivity contribution is -0.134. The van der Waals surface area contributed by atoms with Crippen LogP contribution in [0.25, 0.3) is 0 Å². The fourth-order valence-electron chi connectivity index (χ4n) is 4.96. The first kappa shape index (κ1) is 26.3. The van der Waals surface area contributed by atoms with Crippen LogP contribution >= 0.6 is 11.6 Å². The summed E-state index contributed by atoms with van der Waals surface area (Å²) in [7, 11) is 0. The molecule has 0 unspecified atom stereocenters. The molecule has 0 aliphatic carbocycles. The van der Waals surface area contributed by atoms with Gasteiger partial charge in [-0.15, -0.1) is 0 Å². The second-order valence-electron chi connectivity index (χ2n) is 9.81. The highest BCUT2D eigenvalue weighted by molar-refractivity contribution is 6.32. The zero-order valence-electron chi connectivity index (χ0n) is 21.6. The van der Waals surface area contributed by atoms with Crippen LogP contribution < -0.4 is 10.6 Å². The molecule has 5 rings (SSSR count). The lowest BCUT2D eigenvalue weighted by Gasteiger charge is -2.35. The molecule has 0 bridgehead atoms. The lowest BCUT2D eigenvalue weighted by Crippen LogP contribution is -2.46. The van der Waals surface area contributed by atoms with Crippen molar-refractivity contribution in [3.05, 3.63) is 52.1 Å². The van der Waals surface area contributed by atoms with Crippen molar-refractivity contribution < 1.29 is 13.9 Å². The minimum absolute atomic E-state index is 0.159. The maximum Gasteiger partial charge on any atom is 0.236 e. The van der Waals surface area contributed by atoms with Crippen LogP contribution in [0.1, 0.15) is 35.6 Å². The van der Waals surface area contributed by atoms with E-state index in [1.54, 1.807) is 12.1 Å².